The van der Waals surface area contributed by atoms with Gasteiger partial charge < -0.3 is 20.1 Å². The number of benzene rings is 1. The number of hydrogen-bond donors (Lipinski definition) is 2. The van der Waals surface area contributed by atoms with E-state index in [0.717, 1.165) is 10.0 Å². The van der Waals surface area contributed by atoms with Gasteiger partial charge in [-0.1, -0.05) is 0 Å². The molecule has 150 valence electrons. The zero-order valence-corrected chi connectivity index (χ0v) is 20.4. The first kappa shape index (κ1) is 25.2. The Morgan fingerprint density at radius 2 is 1.96 bits per heavy atom. The van der Waals surface area contributed by atoms with Crippen LogP contribution in [0.25, 0.3) is 0 Å². The van der Waals surface area contributed by atoms with Crippen molar-refractivity contribution in [1.82, 2.24) is 10.6 Å². The maximum Gasteiger partial charge on any atom is 0.191 e. The molecule has 0 aliphatic carbocycles. The van der Waals surface area contributed by atoms with Crippen LogP contribution >= 0.6 is 39.9 Å². The first-order valence-corrected chi connectivity index (χ1v) is 10.6. The van der Waals surface area contributed by atoms with Crippen molar-refractivity contribution in [2.75, 3.05) is 33.3 Å². The second-order valence-corrected chi connectivity index (χ2v) is 8.82. The van der Waals surface area contributed by atoms with Gasteiger partial charge in [-0.05, 0) is 47.0 Å². The summed E-state index contributed by atoms with van der Waals surface area (Å²) >= 11 is 3.47. The number of nitrogens with zero attached hydrogens (tertiary/aromatic N) is 1. The molecule has 0 radical (unpaired) electrons. The zero-order valence-electron chi connectivity index (χ0n) is 15.6. The SMILES string of the molecule is CN=C(NCc1cc(Br)c(OC)c(OC)c1)NC(C)CCS(C)(=O)=O.I. The molecule has 0 aliphatic heterocycles. The van der Waals surface area contributed by atoms with Crippen molar-refractivity contribution < 1.29 is 17.9 Å². The summed E-state index contributed by atoms with van der Waals surface area (Å²) < 4.78 is 33.9. The average Bonchev–Trinajstić information content (AvgIpc) is 2.55. The van der Waals surface area contributed by atoms with Crippen LogP contribution < -0.4 is 20.1 Å². The van der Waals surface area contributed by atoms with Crippen LogP contribution in [0.1, 0.15) is 18.9 Å². The van der Waals surface area contributed by atoms with E-state index in [0.29, 0.717) is 30.4 Å². The molecule has 10 heteroatoms. The number of guanidine groups is 1. The molecule has 7 nitrogen and oxygen atoms in total. The summed E-state index contributed by atoms with van der Waals surface area (Å²) in [6.07, 6.45) is 1.75. The second-order valence-electron chi connectivity index (χ2n) is 5.70. The van der Waals surface area contributed by atoms with E-state index in [2.05, 4.69) is 31.6 Å². The number of nitrogens with one attached hydrogen (secondary N) is 2. The standard InChI is InChI=1S/C16H26BrN3O4S.HI/c1-11(6-7-25(5,21)22)20-16(18-2)19-10-12-8-13(17)15(24-4)14(9-12)23-3;/h8-9,11H,6-7,10H2,1-5H3,(H2,18,19,20);1H. The minimum Gasteiger partial charge on any atom is -0.493 e. The fraction of sp³-hybridized carbons (Fsp3) is 0.562. The van der Waals surface area contributed by atoms with Gasteiger partial charge in [0.15, 0.2) is 17.5 Å². The van der Waals surface area contributed by atoms with Gasteiger partial charge in [0.1, 0.15) is 9.84 Å². The van der Waals surface area contributed by atoms with E-state index < -0.39 is 9.84 Å². The van der Waals surface area contributed by atoms with E-state index in [-0.39, 0.29) is 35.8 Å². The Morgan fingerprint density at radius 3 is 2.46 bits per heavy atom. The Kier molecular flexibility index (Phi) is 11.5. The highest BCUT2D eigenvalue weighted by Gasteiger charge is 2.12. The van der Waals surface area contributed by atoms with Crippen molar-refractivity contribution >= 4 is 55.7 Å². The van der Waals surface area contributed by atoms with Crippen molar-refractivity contribution in [3.05, 3.63) is 22.2 Å². The molecule has 1 aromatic rings. The third-order valence-corrected chi connectivity index (χ3v) is 5.05. The van der Waals surface area contributed by atoms with Gasteiger partial charge in [0, 0.05) is 25.9 Å². The normalized spacial score (nSPS) is 12.8. The molecule has 0 aliphatic rings. The molecule has 1 atom stereocenters. The molecule has 1 aromatic carbocycles. The summed E-state index contributed by atoms with van der Waals surface area (Å²) in [6, 6.07) is 3.81. The van der Waals surface area contributed by atoms with Crippen molar-refractivity contribution in [2.45, 2.75) is 25.9 Å². The van der Waals surface area contributed by atoms with E-state index in [1.165, 1.54) is 6.26 Å². The smallest absolute Gasteiger partial charge is 0.191 e. The van der Waals surface area contributed by atoms with Gasteiger partial charge >= 0.3 is 0 Å². The van der Waals surface area contributed by atoms with E-state index in [1.807, 2.05) is 19.1 Å². The van der Waals surface area contributed by atoms with E-state index >= 15 is 0 Å². The van der Waals surface area contributed by atoms with Gasteiger partial charge in [-0.25, -0.2) is 8.42 Å². The summed E-state index contributed by atoms with van der Waals surface area (Å²) in [7, 11) is 1.88. The zero-order chi connectivity index (χ0) is 19.0. The maximum absolute atomic E-state index is 11.2. The molecule has 0 aromatic heterocycles. The number of sulfone groups is 1. The number of aliphatic imine (C=N–C) groups is 1. The predicted molar refractivity (Wildman–Crippen MR) is 120 cm³/mol. The van der Waals surface area contributed by atoms with E-state index in [4.69, 9.17) is 9.47 Å². The molecule has 1 rings (SSSR count). The van der Waals surface area contributed by atoms with Gasteiger partial charge in [-0.15, -0.1) is 24.0 Å². The molecule has 0 amide bonds. The van der Waals surface area contributed by atoms with Gasteiger partial charge in [-0.3, -0.25) is 4.99 Å². The van der Waals surface area contributed by atoms with Gasteiger partial charge in [0.25, 0.3) is 0 Å². The fourth-order valence-electron chi connectivity index (χ4n) is 2.15. The first-order valence-electron chi connectivity index (χ1n) is 7.75. The van der Waals surface area contributed by atoms with Crippen LogP contribution in [0.2, 0.25) is 0 Å². The third kappa shape index (κ3) is 8.76. The van der Waals surface area contributed by atoms with Crippen LogP contribution in [0.5, 0.6) is 11.5 Å². The molecule has 0 heterocycles. The monoisotopic (exact) mass is 563 g/mol. The lowest BCUT2D eigenvalue weighted by Gasteiger charge is -2.18. The Bertz CT molecular complexity index is 714. The van der Waals surface area contributed by atoms with Gasteiger partial charge in [0.2, 0.25) is 0 Å². The summed E-state index contributed by atoms with van der Waals surface area (Å²) in [5, 5.41) is 6.38. The predicted octanol–water partition coefficient (Wildman–Crippen LogP) is 2.57. The van der Waals surface area contributed by atoms with Crippen LogP contribution in [0.3, 0.4) is 0 Å². The Morgan fingerprint density at radius 1 is 1.31 bits per heavy atom. The average molecular weight is 564 g/mol. The third-order valence-electron chi connectivity index (χ3n) is 3.48. The molecule has 0 bridgehead atoms. The van der Waals surface area contributed by atoms with Gasteiger partial charge in [-0.2, -0.15) is 0 Å². The van der Waals surface area contributed by atoms with Crippen LogP contribution in [-0.2, 0) is 16.4 Å². The highest BCUT2D eigenvalue weighted by Crippen LogP contribution is 2.36. The van der Waals surface area contributed by atoms with Crippen LogP contribution in [-0.4, -0.2) is 53.7 Å². The Hall–Kier alpha value is -0.750. The second kappa shape index (κ2) is 11.9. The first-order chi connectivity index (χ1) is 11.7. The lowest BCUT2D eigenvalue weighted by atomic mass is 10.2. The largest absolute Gasteiger partial charge is 0.493 e. The number of ether oxygens (including phenoxy) is 2. The van der Waals surface area contributed by atoms with Crippen molar-refractivity contribution in [2.24, 2.45) is 4.99 Å². The molecular formula is C16H27BrIN3O4S. The number of halogens is 2. The molecule has 1 unspecified atom stereocenters. The summed E-state index contributed by atoms with van der Waals surface area (Å²) in [5.74, 6) is 2.02. The molecule has 0 saturated heterocycles. The van der Waals surface area contributed by atoms with Crippen molar-refractivity contribution in [1.29, 1.82) is 0 Å². The quantitative estimate of drug-likeness (QED) is 0.287. The molecule has 2 N–H and O–H groups in total. The molecule has 0 spiro atoms. The summed E-state index contributed by atoms with van der Waals surface area (Å²) in [6.45, 7) is 2.45. The van der Waals surface area contributed by atoms with E-state index in [9.17, 15) is 8.42 Å². The van der Waals surface area contributed by atoms with Gasteiger partial charge in [0.05, 0.1) is 24.4 Å². The minimum atomic E-state index is -2.97. The highest BCUT2D eigenvalue weighted by molar-refractivity contribution is 14.0. The molecule has 0 saturated carbocycles. The maximum atomic E-state index is 11.2. The van der Waals surface area contributed by atoms with Crippen LogP contribution in [0.4, 0.5) is 0 Å². The summed E-state index contributed by atoms with van der Waals surface area (Å²) in [5.41, 5.74) is 0.983. The highest BCUT2D eigenvalue weighted by atomic mass is 127. The Labute approximate surface area is 181 Å². The van der Waals surface area contributed by atoms with Crippen molar-refractivity contribution in [3.63, 3.8) is 0 Å². The topological polar surface area (TPSA) is 89.0 Å². The summed E-state index contributed by atoms with van der Waals surface area (Å²) in [4.78, 5) is 4.16. The number of methoxy groups -OCH3 is 2. The van der Waals surface area contributed by atoms with Crippen LogP contribution in [0, 0.1) is 0 Å². The minimum absolute atomic E-state index is 0. The Balaban J connectivity index is 0.00000625. The number of rotatable bonds is 8. The fourth-order valence-corrected chi connectivity index (χ4v) is 3.58. The lowest BCUT2D eigenvalue weighted by molar-refractivity contribution is 0.352. The van der Waals surface area contributed by atoms with E-state index in [1.54, 1.807) is 21.3 Å². The number of hydrogen-bond acceptors (Lipinski definition) is 5. The molecular weight excluding hydrogens is 537 g/mol. The lowest BCUT2D eigenvalue weighted by Crippen LogP contribution is -2.42. The molecule has 26 heavy (non-hydrogen) atoms. The van der Waals surface area contributed by atoms with Crippen molar-refractivity contribution in [3.8, 4) is 11.5 Å². The van der Waals surface area contributed by atoms with Crippen LogP contribution in [0.15, 0.2) is 21.6 Å². The molecule has 0 fully saturated rings.